The van der Waals surface area contributed by atoms with Gasteiger partial charge in [-0.3, -0.25) is 4.40 Å². The number of carbonyl (C=O) groups excluding carboxylic acids is 1. The number of nitrogens with zero attached hydrogens (tertiary/aromatic N) is 4. The van der Waals surface area contributed by atoms with E-state index in [2.05, 4.69) is 15.2 Å². The quantitative estimate of drug-likeness (QED) is 0.476. The summed E-state index contributed by atoms with van der Waals surface area (Å²) in [4.78, 5) is 16.5. The zero-order valence-corrected chi connectivity index (χ0v) is 14.9. The van der Waals surface area contributed by atoms with Crippen LogP contribution in [0.15, 0.2) is 46.8 Å². The maximum absolute atomic E-state index is 12.2. The molecule has 2 heterocycles. The Bertz CT molecular complexity index is 979. The second-order valence-corrected chi connectivity index (χ2v) is 6.01. The summed E-state index contributed by atoms with van der Waals surface area (Å²) in [6.45, 7) is 5.96. The van der Waals surface area contributed by atoms with Crippen molar-refractivity contribution in [3.05, 3.63) is 58.4 Å². The molecule has 0 radical (unpaired) electrons. The maximum atomic E-state index is 12.2. The van der Waals surface area contributed by atoms with Crippen LogP contribution < -0.4 is 0 Å². The highest BCUT2D eigenvalue weighted by Gasteiger charge is 2.20. The van der Waals surface area contributed by atoms with Crippen LogP contribution in [-0.2, 0) is 4.74 Å². The van der Waals surface area contributed by atoms with Crippen molar-refractivity contribution in [1.82, 2.24) is 9.38 Å². The Morgan fingerprint density at radius 2 is 2.04 bits per heavy atom. The van der Waals surface area contributed by atoms with Gasteiger partial charge in [0, 0.05) is 6.20 Å². The molecule has 128 valence electrons. The molecule has 1 aromatic carbocycles. The number of carbonyl (C=O) groups is 1. The van der Waals surface area contributed by atoms with E-state index in [1.54, 1.807) is 29.7 Å². The van der Waals surface area contributed by atoms with E-state index in [-0.39, 0.29) is 18.1 Å². The second-order valence-electron chi connectivity index (χ2n) is 5.57. The normalized spacial score (nSPS) is 11.4. The molecule has 0 aliphatic rings. The fraction of sp³-hybridized carbons (Fsp3) is 0.222. The maximum Gasteiger partial charge on any atom is 0.360 e. The Morgan fingerprint density at radius 1 is 1.24 bits per heavy atom. The third-order valence-corrected chi connectivity index (χ3v) is 3.85. The van der Waals surface area contributed by atoms with E-state index in [0.717, 1.165) is 16.8 Å². The van der Waals surface area contributed by atoms with Gasteiger partial charge in [0.2, 0.25) is 0 Å². The zero-order chi connectivity index (χ0) is 18.0. The van der Waals surface area contributed by atoms with Crippen LogP contribution in [-0.4, -0.2) is 22.0 Å². The van der Waals surface area contributed by atoms with Gasteiger partial charge in [-0.05, 0) is 44.5 Å². The van der Waals surface area contributed by atoms with Gasteiger partial charge in [0.25, 0.3) is 0 Å². The van der Waals surface area contributed by atoms with Crippen molar-refractivity contribution in [1.29, 1.82) is 0 Å². The topological polar surface area (TPSA) is 68.3 Å². The molecule has 0 bridgehead atoms. The van der Waals surface area contributed by atoms with E-state index < -0.39 is 5.97 Å². The molecule has 0 saturated carbocycles. The Balaban J connectivity index is 2.12. The molecular weight excluding hydrogens is 340 g/mol. The first-order chi connectivity index (χ1) is 12.0. The molecule has 0 amide bonds. The van der Waals surface area contributed by atoms with Crippen molar-refractivity contribution >= 4 is 34.7 Å². The van der Waals surface area contributed by atoms with Gasteiger partial charge < -0.3 is 4.74 Å². The van der Waals surface area contributed by atoms with Crippen molar-refractivity contribution in [2.24, 2.45) is 10.2 Å². The molecule has 0 fully saturated rings. The zero-order valence-electron chi connectivity index (χ0n) is 14.2. The molecule has 0 spiro atoms. The average Bonchev–Trinajstić information content (AvgIpc) is 2.92. The number of imidazole rings is 1. The summed E-state index contributed by atoms with van der Waals surface area (Å²) in [6.07, 6.45) is 1.64. The molecule has 3 rings (SSSR count). The van der Waals surface area contributed by atoms with Crippen LogP contribution in [0.2, 0.25) is 5.02 Å². The Labute approximate surface area is 150 Å². The molecule has 7 heteroatoms. The van der Waals surface area contributed by atoms with E-state index in [1.807, 2.05) is 32.0 Å². The van der Waals surface area contributed by atoms with Crippen molar-refractivity contribution in [2.45, 2.75) is 20.8 Å². The number of aryl methyl sites for hydroxylation is 2. The molecule has 0 atom stereocenters. The Hall–Kier alpha value is -2.73. The van der Waals surface area contributed by atoms with Crippen LogP contribution in [0.3, 0.4) is 0 Å². The van der Waals surface area contributed by atoms with Crippen LogP contribution in [0.25, 0.3) is 5.65 Å². The molecule has 0 unspecified atom stereocenters. The summed E-state index contributed by atoms with van der Waals surface area (Å²) in [5.74, 6) is -0.257. The standard InChI is InChI=1S/C18H17ClN4O2/c1-4-25-18(24)16-17(23-10-13(19)6-8-15(23)20-16)22-21-14-7-5-11(2)9-12(14)3/h5-10H,4H2,1-3H3. The number of halogens is 1. The lowest BCUT2D eigenvalue weighted by molar-refractivity contribution is 0.0521. The van der Waals surface area contributed by atoms with Crippen LogP contribution in [0.4, 0.5) is 11.5 Å². The first-order valence-corrected chi connectivity index (χ1v) is 8.21. The van der Waals surface area contributed by atoms with Gasteiger partial charge >= 0.3 is 5.97 Å². The minimum Gasteiger partial charge on any atom is -0.461 e. The number of esters is 1. The third kappa shape index (κ3) is 3.53. The predicted molar refractivity (Wildman–Crippen MR) is 96.3 cm³/mol. The van der Waals surface area contributed by atoms with E-state index in [4.69, 9.17) is 16.3 Å². The molecule has 2 aromatic heterocycles. The van der Waals surface area contributed by atoms with Crippen molar-refractivity contribution in [3.8, 4) is 0 Å². The monoisotopic (exact) mass is 356 g/mol. The molecule has 0 saturated heterocycles. The molecule has 0 aliphatic carbocycles. The second kappa shape index (κ2) is 7.03. The van der Waals surface area contributed by atoms with Gasteiger partial charge in [0.05, 0.1) is 17.3 Å². The Kier molecular flexibility index (Phi) is 4.81. The number of ether oxygens (including phenoxy) is 1. The van der Waals surface area contributed by atoms with Gasteiger partial charge in [0.1, 0.15) is 5.65 Å². The van der Waals surface area contributed by atoms with Crippen molar-refractivity contribution in [3.63, 3.8) is 0 Å². The molecule has 0 aliphatic heterocycles. The summed E-state index contributed by atoms with van der Waals surface area (Å²) in [5, 5.41) is 9.05. The van der Waals surface area contributed by atoms with Gasteiger partial charge in [-0.25, -0.2) is 9.78 Å². The summed E-state index contributed by atoms with van der Waals surface area (Å²) in [7, 11) is 0. The average molecular weight is 357 g/mol. The van der Waals surface area contributed by atoms with E-state index in [0.29, 0.717) is 10.7 Å². The first kappa shape index (κ1) is 17.1. The smallest absolute Gasteiger partial charge is 0.360 e. The SMILES string of the molecule is CCOC(=O)c1nc2ccc(Cl)cn2c1N=Nc1ccc(C)cc1C. The Morgan fingerprint density at radius 3 is 2.76 bits per heavy atom. The van der Waals surface area contributed by atoms with E-state index >= 15 is 0 Å². The lowest BCUT2D eigenvalue weighted by Gasteiger charge is -2.02. The van der Waals surface area contributed by atoms with Gasteiger partial charge in [-0.1, -0.05) is 29.3 Å². The highest BCUT2D eigenvalue weighted by Crippen LogP contribution is 2.27. The van der Waals surface area contributed by atoms with Crippen molar-refractivity contribution in [2.75, 3.05) is 6.61 Å². The van der Waals surface area contributed by atoms with Crippen molar-refractivity contribution < 1.29 is 9.53 Å². The lowest BCUT2D eigenvalue weighted by Crippen LogP contribution is -2.05. The molecule has 25 heavy (non-hydrogen) atoms. The van der Waals surface area contributed by atoms with E-state index in [9.17, 15) is 4.79 Å². The van der Waals surface area contributed by atoms with Gasteiger partial charge in [-0.15, -0.1) is 10.2 Å². The molecule has 6 nitrogen and oxygen atoms in total. The van der Waals surface area contributed by atoms with Crippen LogP contribution in [0.1, 0.15) is 28.5 Å². The summed E-state index contributed by atoms with van der Waals surface area (Å²) in [6, 6.07) is 9.27. The summed E-state index contributed by atoms with van der Waals surface area (Å²) in [5.41, 5.74) is 3.51. The molecule has 0 N–H and O–H groups in total. The number of fused-ring (bicyclic) bond motifs is 1. The first-order valence-electron chi connectivity index (χ1n) is 7.83. The lowest BCUT2D eigenvalue weighted by atomic mass is 10.1. The number of rotatable bonds is 4. The van der Waals surface area contributed by atoms with Crippen LogP contribution in [0, 0.1) is 13.8 Å². The largest absolute Gasteiger partial charge is 0.461 e. The number of hydrogen-bond acceptors (Lipinski definition) is 5. The number of pyridine rings is 1. The third-order valence-electron chi connectivity index (χ3n) is 3.63. The predicted octanol–water partition coefficient (Wildman–Crippen LogP) is 5.20. The van der Waals surface area contributed by atoms with Gasteiger partial charge in [0.15, 0.2) is 11.5 Å². The molecule has 3 aromatic rings. The molecular formula is C18H17ClN4O2. The van der Waals surface area contributed by atoms with E-state index in [1.165, 1.54) is 0 Å². The fourth-order valence-electron chi connectivity index (χ4n) is 2.46. The number of azo groups is 1. The van der Waals surface area contributed by atoms with Crippen LogP contribution >= 0.6 is 11.6 Å². The fourth-order valence-corrected chi connectivity index (χ4v) is 2.62. The minimum absolute atomic E-state index is 0.109. The summed E-state index contributed by atoms with van der Waals surface area (Å²) >= 11 is 6.06. The highest BCUT2D eigenvalue weighted by molar-refractivity contribution is 6.30. The van der Waals surface area contributed by atoms with Crippen LogP contribution in [0.5, 0.6) is 0 Å². The van der Waals surface area contributed by atoms with Gasteiger partial charge in [-0.2, -0.15) is 0 Å². The number of hydrogen-bond donors (Lipinski definition) is 0. The number of aromatic nitrogens is 2. The minimum atomic E-state index is -0.545. The summed E-state index contributed by atoms with van der Waals surface area (Å²) < 4.78 is 6.70. The number of benzene rings is 1. The highest BCUT2D eigenvalue weighted by atomic mass is 35.5.